The van der Waals surface area contributed by atoms with Crippen molar-refractivity contribution in [1.82, 2.24) is 15.0 Å². The highest BCUT2D eigenvalue weighted by Gasteiger charge is 2.23. The molecule has 17 nitrogen and oxygen atoms in total. The monoisotopic (exact) mass is 581 g/mol. The van der Waals surface area contributed by atoms with E-state index in [4.69, 9.17) is 18.9 Å². The van der Waals surface area contributed by atoms with Gasteiger partial charge in [-0.05, 0) is 29.8 Å². The molecule has 2 saturated heterocycles. The number of nitrogens with zero attached hydrogens (tertiary/aromatic N) is 8. The highest BCUT2D eigenvalue weighted by molar-refractivity contribution is 5.81. The smallest absolute Gasteiger partial charge is 0.318 e. The minimum atomic E-state index is -0.752. The van der Waals surface area contributed by atoms with E-state index in [0.29, 0.717) is 70.1 Å². The quantitative estimate of drug-likeness (QED) is 0.208. The van der Waals surface area contributed by atoms with E-state index in [0.717, 1.165) is 12.1 Å². The standard InChI is InChI=1S/C25H27N9O8/c1-39-22-14-17(2-4-21(22)42-20-5-3-18(33(35)36)15-19(20)34(37)38)16-26-30-23-27-24(31-6-10-40-11-7-31)29-25(28-23)32-8-12-41-13-9-32/h2-5,14-16H,6-13H2,1H3,(H,27,28,29,30)/b26-16-. The summed E-state index contributed by atoms with van der Waals surface area (Å²) in [5.74, 6) is 1.57. The fourth-order valence-electron chi connectivity index (χ4n) is 4.19. The summed E-state index contributed by atoms with van der Waals surface area (Å²) in [6, 6.07) is 7.94. The molecule has 1 aromatic heterocycles. The number of benzene rings is 2. The molecule has 5 rings (SSSR count). The second-order valence-electron chi connectivity index (χ2n) is 9.01. The molecule has 2 aromatic carbocycles. The van der Waals surface area contributed by atoms with Crippen molar-refractivity contribution in [3.8, 4) is 17.2 Å². The SMILES string of the molecule is COc1cc(/C=N\Nc2nc(N3CCOCC3)nc(N3CCOCC3)n2)ccc1Oc1ccc([N+](=O)[O-])cc1[N+](=O)[O-]. The molecule has 220 valence electrons. The summed E-state index contributed by atoms with van der Waals surface area (Å²) in [7, 11) is 1.41. The number of ether oxygens (including phenoxy) is 4. The van der Waals surface area contributed by atoms with Gasteiger partial charge in [-0.25, -0.2) is 5.43 Å². The molecule has 0 bridgehead atoms. The van der Waals surface area contributed by atoms with Crippen LogP contribution >= 0.6 is 0 Å². The van der Waals surface area contributed by atoms with Crippen LogP contribution in [0.15, 0.2) is 41.5 Å². The number of nitro benzene ring substituents is 2. The molecule has 17 heteroatoms. The van der Waals surface area contributed by atoms with Crippen molar-refractivity contribution in [2.45, 2.75) is 0 Å². The van der Waals surface area contributed by atoms with E-state index in [-0.39, 0.29) is 23.2 Å². The topological polar surface area (TPSA) is 193 Å². The molecule has 42 heavy (non-hydrogen) atoms. The highest BCUT2D eigenvalue weighted by atomic mass is 16.6. The van der Waals surface area contributed by atoms with Crippen LogP contribution in [0.25, 0.3) is 0 Å². The molecule has 0 saturated carbocycles. The van der Waals surface area contributed by atoms with Crippen molar-refractivity contribution in [3.05, 3.63) is 62.2 Å². The van der Waals surface area contributed by atoms with Crippen molar-refractivity contribution < 1.29 is 28.8 Å². The molecule has 0 unspecified atom stereocenters. The minimum Gasteiger partial charge on any atom is -0.493 e. The number of methoxy groups -OCH3 is 1. The van der Waals surface area contributed by atoms with Crippen LogP contribution in [-0.4, -0.2) is 90.7 Å². The lowest BCUT2D eigenvalue weighted by Gasteiger charge is -2.30. The first kappa shape index (κ1) is 28.4. The summed E-state index contributed by atoms with van der Waals surface area (Å²) in [5.41, 5.74) is 2.51. The Kier molecular flexibility index (Phi) is 8.78. The van der Waals surface area contributed by atoms with E-state index in [2.05, 4.69) is 25.5 Å². The van der Waals surface area contributed by atoms with Crippen LogP contribution in [0, 0.1) is 20.2 Å². The molecule has 0 amide bonds. The zero-order valence-corrected chi connectivity index (χ0v) is 22.5. The summed E-state index contributed by atoms with van der Waals surface area (Å²) >= 11 is 0. The number of nitrogens with one attached hydrogen (secondary N) is 1. The Bertz CT molecular complexity index is 1440. The normalized spacial score (nSPS) is 15.5. The zero-order valence-electron chi connectivity index (χ0n) is 22.5. The van der Waals surface area contributed by atoms with Crippen molar-refractivity contribution in [3.63, 3.8) is 0 Å². The third kappa shape index (κ3) is 6.76. The first-order valence-corrected chi connectivity index (χ1v) is 12.9. The fourth-order valence-corrected chi connectivity index (χ4v) is 4.19. The maximum Gasteiger partial charge on any atom is 0.318 e. The maximum atomic E-state index is 11.5. The molecule has 1 N–H and O–H groups in total. The van der Waals surface area contributed by atoms with E-state index in [9.17, 15) is 20.2 Å². The van der Waals surface area contributed by atoms with Gasteiger partial charge in [-0.2, -0.15) is 20.1 Å². The van der Waals surface area contributed by atoms with Gasteiger partial charge in [-0.15, -0.1) is 0 Å². The largest absolute Gasteiger partial charge is 0.493 e. The van der Waals surface area contributed by atoms with Gasteiger partial charge in [0, 0.05) is 32.2 Å². The summed E-state index contributed by atoms with van der Waals surface area (Å²) in [5, 5.41) is 26.8. The molecule has 2 aliphatic rings. The number of hydrogen-bond acceptors (Lipinski definition) is 15. The fraction of sp³-hybridized carbons (Fsp3) is 0.360. The van der Waals surface area contributed by atoms with Gasteiger partial charge in [0.2, 0.25) is 23.6 Å². The van der Waals surface area contributed by atoms with E-state index in [1.54, 1.807) is 18.2 Å². The van der Waals surface area contributed by atoms with Crippen LogP contribution in [0.1, 0.15) is 5.56 Å². The lowest BCUT2D eigenvalue weighted by Crippen LogP contribution is -2.40. The van der Waals surface area contributed by atoms with Crippen LogP contribution in [0.5, 0.6) is 17.2 Å². The van der Waals surface area contributed by atoms with Crippen molar-refractivity contribution >= 4 is 35.4 Å². The Morgan fingerprint density at radius 2 is 1.48 bits per heavy atom. The lowest BCUT2D eigenvalue weighted by atomic mass is 10.2. The van der Waals surface area contributed by atoms with Gasteiger partial charge in [-0.3, -0.25) is 20.2 Å². The molecule has 3 heterocycles. The average Bonchev–Trinajstić information content (AvgIpc) is 3.02. The van der Waals surface area contributed by atoms with Crippen molar-refractivity contribution in [2.75, 3.05) is 74.9 Å². The highest BCUT2D eigenvalue weighted by Crippen LogP contribution is 2.38. The summed E-state index contributed by atoms with van der Waals surface area (Å²) < 4.78 is 22.0. The van der Waals surface area contributed by atoms with Gasteiger partial charge in [0.1, 0.15) is 0 Å². The van der Waals surface area contributed by atoms with E-state index in [1.807, 2.05) is 9.80 Å². The van der Waals surface area contributed by atoms with Gasteiger partial charge in [-0.1, -0.05) is 0 Å². The third-order valence-corrected chi connectivity index (χ3v) is 6.34. The molecule has 0 aliphatic carbocycles. The van der Waals surface area contributed by atoms with Gasteiger partial charge >= 0.3 is 5.69 Å². The Balaban J connectivity index is 1.33. The number of rotatable bonds is 10. The molecule has 3 aromatic rings. The lowest BCUT2D eigenvalue weighted by molar-refractivity contribution is -0.394. The Morgan fingerprint density at radius 1 is 0.857 bits per heavy atom. The number of non-ortho nitro benzene ring substituents is 1. The maximum absolute atomic E-state index is 11.5. The van der Waals surface area contributed by atoms with Gasteiger partial charge in [0.05, 0.1) is 55.7 Å². The van der Waals surface area contributed by atoms with E-state index in [1.165, 1.54) is 19.4 Å². The molecule has 0 atom stereocenters. The van der Waals surface area contributed by atoms with E-state index >= 15 is 0 Å². The number of nitro groups is 2. The molecular formula is C25H27N9O8. The first-order valence-electron chi connectivity index (χ1n) is 12.9. The number of hydrazone groups is 1. The summed E-state index contributed by atoms with van der Waals surface area (Å²) in [4.78, 5) is 38.8. The predicted molar refractivity (Wildman–Crippen MR) is 150 cm³/mol. The zero-order chi connectivity index (χ0) is 29.5. The molecule has 0 radical (unpaired) electrons. The van der Waals surface area contributed by atoms with Crippen molar-refractivity contribution in [2.24, 2.45) is 5.10 Å². The molecule has 2 fully saturated rings. The Hall–Kier alpha value is -5.16. The van der Waals surface area contributed by atoms with Crippen LogP contribution < -0.4 is 24.7 Å². The summed E-state index contributed by atoms with van der Waals surface area (Å²) in [6.07, 6.45) is 1.52. The van der Waals surface area contributed by atoms with E-state index < -0.39 is 21.2 Å². The molecular weight excluding hydrogens is 554 g/mol. The number of morpholine rings is 2. The van der Waals surface area contributed by atoms with Gasteiger partial charge < -0.3 is 28.7 Å². The summed E-state index contributed by atoms with van der Waals surface area (Å²) in [6.45, 7) is 4.96. The number of anilines is 3. The van der Waals surface area contributed by atoms with Crippen LogP contribution in [0.2, 0.25) is 0 Å². The van der Waals surface area contributed by atoms with Crippen molar-refractivity contribution in [1.29, 1.82) is 0 Å². The Labute approximate surface area is 239 Å². The Morgan fingerprint density at radius 3 is 2.05 bits per heavy atom. The van der Waals surface area contributed by atoms with Crippen LogP contribution in [0.3, 0.4) is 0 Å². The van der Waals surface area contributed by atoms with Gasteiger partial charge in [0.15, 0.2) is 11.5 Å². The molecule has 0 spiro atoms. The minimum absolute atomic E-state index is 0.169. The average molecular weight is 582 g/mol. The van der Waals surface area contributed by atoms with Crippen LogP contribution in [0.4, 0.5) is 29.2 Å². The first-order chi connectivity index (χ1) is 20.4. The number of hydrogen-bond donors (Lipinski definition) is 1. The van der Waals surface area contributed by atoms with Gasteiger partial charge in [0.25, 0.3) is 5.69 Å². The second kappa shape index (κ2) is 13.0. The van der Waals surface area contributed by atoms with Crippen LogP contribution in [-0.2, 0) is 9.47 Å². The number of aromatic nitrogens is 3. The third-order valence-electron chi connectivity index (χ3n) is 6.34. The second-order valence-corrected chi connectivity index (χ2v) is 9.01. The predicted octanol–water partition coefficient (Wildman–Crippen LogP) is 2.61. The molecule has 2 aliphatic heterocycles.